The van der Waals surface area contributed by atoms with Crippen LogP contribution >= 0.6 is 0 Å². The number of benzene rings is 3. The van der Waals surface area contributed by atoms with E-state index in [2.05, 4.69) is 75.0 Å². The second kappa shape index (κ2) is 15.1. The molecule has 0 bridgehead atoms. The van der Waals surface area contributed by atoms with Gasteiger partial charge in [0.15, 0.2) is 0 Å². The van der Waals surface area contributed by atoms with E-state index in [9.17, 15) is 9.90 Å². The van der Waals surface area contributed by atoms with Crippen molar-refractivity contribution in [2.24, 2.45) is 0 Å². The molecule has 0 amide bonds. The number of aliphatic hydroxyl groups is 1. The Morgan fingerprint density at radius 3 is 2.21 bits per heavy atom. The Bertz CT molecular complexity index is 1190. The van der Waals surface area contributed by atoms with Crippen LogP contribution in [-0.2, 0) is 28.8 Å². The van der Waals surface area contributed by atoms with E-state index < -0.39 is 5.97 Å². The lowest BCUT2D eigenvalue weighted by Gasteiger charge is -2.16. The molecule has 0 heterocycles. The summed E-state index contributed by atoms with van der Waals surface area (Å²) in [6.07, 6.45) is 7.70. The van der Waals surface area contributed by atoms with E-state index in [-0.39, 0.29) is 19.8 Å². The molecule has 0 aliphatic carbocycles. The second-order valence-corrected chi connectivity index (χ2v) is 9.79. The van der Waals surface area contributed by atoms with Crippen LogP contribution in [0, 0.1) is 0 Å². The predicted molar refractivity (Wildman–Crippen MR) is 157 cm³/mol. The lowest BCUT2D eigenvalue weighted by Crippen LogP contribution is -2.10. The summed E-state index contributed by atoms with van der Waals surface area (Å²) in [6.45, 7) is 10.1. The smallest absolute Gasteiger partial charge is 0.333 e. The van der Waals surface area contributed by atoms with Crippen LogP contribution in [0.1, 0.15) is 63.1 Å². The van der Waals surface area contributed by atoms with Gasteiger partial charge in [0, 0.05) is 12.0 Å². The Balaban J connectivity index is 1.81. The van der Waals surface area contributed by atoms with Crippen molar-refractivity contribution in [2.75, 3.05) is 19.8 Å². The maximum atomic E-state index is 11.8. The number of hydrogen-bond donors (Lipinski definition) is 1. The summed E-state index contributed by atoms with van der Waals surface area (Å²) < 4.78 is 11.1. The minimum absolute atomic E-state index is 0.0624. The molecule has 0 atom stereocenters. The first kappa shape index (κ1) is 29.2. The zero-order chi connectivity index (χ0) is 27.3. The van der Waals surface area contributed by atoms with Crippen LogP contribution in [-0.4, -0.2) is 30.9 Å². The SMILES string of the molecule is C=C(C)C(=O)OCCc1cc(-c2ccc(-c3ccc(CCCCCC)cc3)cc2CC)ccc1OCCO. The number of hydrogen-bond acceptors (Lipinski definition) is 4. The molecule has 0 aliphatic rings. The van der Waals surface area contributed by atoms with Gasteiger partial charge in [-0.25, -0.2) is 4.79 Å². The summed E-state index contributed by atoms with van der Waals surface area (Å²) in [6, 6.07) is 21.8. The summed E-state index contributed by atoms with van der Waals surface area (Å²) >= 11 is 0. The van der Waals surface area contributed by atoms with Crippen LogP contribution in [0.3, 0.4) is 0 Å². The van der Waals surface area contributed by atoms with Gasteiger partial charge in [0.2, 0.25) is 0 Å². The van der Waals surface area contributed by atoms with E-state index in [1.165, 1.54) is 53.5 Å². The molecular weight excluding hydrogens is 472 g/mol. The summed E-state index contributed by atoms with van der Waals surface area (Å²) in [5.41, 5.74) is 8.72. The molecule has 3 rings (SSSR count). The molecule has 3 aromatic rings. The van der Waals surface area contributed by atoms with Crippen LogP contribution in [0.4, 0.5) is 0 Å². The molecule has 0 aromatic heterocycles. The second-order valence-electron chi connectivity index (χ2n) is 9.79. The number of carbonyl (C=O) groups excluding carboxylic acids is 1. The Morgan fingerprint density at radius 2 is 1.53 bits per heavy atom. The van der Waals surface area contributed by atoms with Gasteiger partial charge in [0.1, 0.15) is 12.4 Å². The standard InChI is InChI=1S/C34H42O4/c1-5-7-8-9-10-26-11-13-28(14-12-26)29-15-17-32(27(6-2)23-29)30-16-18-33(37-22-20-35)31(24-30)19-21-38-34(36)25(3)4/h11-18,23-24,35H,3,5-10,19-22H2,1-2,4H3. The summed E-state index contributed by atoms with van der Waals surface area (Å²) in [5, 5.41) is 9.22. The largest absolute Gasteiger partial charge is 0.491 e. The first-order chi connectivity index (χ1) is 18.5. The highest BCUT2D eigenvalue weighted by Crippen LogP contribution is 2.33. The van der Waals surface area contributed by atoms with E-state index in [4.69, 9.17) is 9.47 Å². The number of aliphatic hydroxyl groups excluding tert-OH is 1. The average molecular weight is 515 g/mol. The summed E-state index contributed by atoms with van der Waals surface area (Å²) in [4.78, 5) is 11.8. The number of unbranched alkanes of at least 4 members (excludes halogenated alkanes) is 3. The van der Waals surface area contributed by atoms with Crippen molar-refractivity contribution in [3.8, 4) is 28.0 Å². The zero-order valence-corrected chi connectivity index (χ0v) is 23.2. The molecule has 0 unspecified atom stereocenters. The van der Waals surface area contributed by atoms with Gasteiger partial charge in [-0.15, -0.1) is 0 Å². The van der Waals surface area contributed by atoms with Crippen LogP contribution < -0.4 is 4.74 Å². The molecule has 202 valence electrons. The lowest BCUT2D eigenvalue weighted by atomic mass is 9.92. The van der Waals surface area contributed by atoms with Gasteiger partial charge >= 0.3 is 5.97 Å². The minimum Gasteiger partial charge on any atom is -0.491 e. The Kier molecular flexibility index (Phi) is 11.6. The predicted octanol–water partition coefficient (Wildman–Crippen LogP) is 7.74. The fourth-order valence-electron chi connectivity index (χ4n) is 4.58. The molecule has 4 nitrogen and oxygen atoms in total. The van der Waals surface area contributed by atoms with Crippen molar-refractivity contribution in [3.05, 3.63) is 89.5 Å². The Morgan fingerprint density at radius 1 is 0.816 bits per heavy atom. The highest BCUT2D eigenvalue weighted by atomic mass is 16.5. The maximum absolute atomic E-state index is 11.8. The third kappa shape index (κ3) is 8.32. The van der Waals surface area contributed by atoms with Gasteiger partial charge in [0.25, 0.3) is 0 Å². The van der Waals surface area contributed by atoms with Crippen LogP contribution in [0.5, 0.6) is 5.75 Å². The van der Waals surface area contributed by atoms with Crippen LogP contribution in [0.15, 0.2) is 72.8 Å². The van der Waals surface area contributed by atoms with Gasteiger partial charge in [0.05, 0.1) is 13.2 Å². The number of aryl methyl sites for hydroxylation is 2. The number of rotatable bonds is 15. The average Bonchev–Trinajstić information content (AvgIpc) is 2.94. The van der Waals surface area contributed by atoms with Gasteiger partial charge in [-0.1, -0.05) is 88.2 Å². The van der Waals surface area contributed by atoms with Gasteiger partial charge in [-0.05, 0) is 77.3 Å². The van der Waals surface area contributed by atoms with Crippen molar-refractivity contribution in [1.82, 2.24) is 0 Å². The van der Waals surface area contributed by atoms with E-state index in [1.54, 1.807) is 6.92 Å². The Labute approximate surface area is 228 Å². The highest BCUT2D eigenvalue weighted by molar-refractivity contribution is 5.86. The van der Waals surface area contributed by atoms with Crippen molar-refractivity contribution in [2.45, 2.75) is 65.7 Å². The zero-order valence-electron chi connectivity index (χ0n) is 23.2. The van der Waals surface area contributed by atoms with Gasteiger partial charge in [-0.2, -0.15) is 0 Å². The minimum atomic E-state index is -0.396. The molecule has 0 radical (unpaired) electrons. The quantitative estimate of drug-likeness (QED) is 0.128. The lowest BCUT2D eigenvalue weighted by molar-refractivity contribution is -0.138. The monoisotopic (exact) mass is 514 g/mol. The number of esters is 1. The van der Waals surface area contributed by atoms with Crippen LogP contribution in [0.25, 0.3) is 22.3 Å². The Hall–Kier alpha value is -3.37. The molecule has 0 spiro atoms. The fourth-order valence-corrected chi connectivity index (χ4v) is 4.58. The fraction of sp³-hybridized carbons (Fsp3) is 0.382. The van der Waals surface area contributed by atoms with Crippen molar-refractivity contribution >= 4 is 5.97 Å². The highest BCUT2D eigenvalue weighted by Gasteiger charge is 2.12. The number of carbonyl (C=O) groups is 1. The number of ether oxygens (including phenoxy) is 2. The molecule has 0 aliphatic heterocycles. The maximum Gasteiger partial charge on any atom is 0.333 e. The van der Waals surface area contributed by atoms with Crippen LogP contribution in [0.2, 0.25) is 0 Å². The first-order valence-electron chi connectivity index (χ1n) is 13.9. The van der Waals surface area contributed by atoms with Crippen molar-refractivity contribution in [3.63, 3.8) is 0 Å². The van der Waals surface area contributed by atoms with E-state index >= 15 is 0 Å². The molecule has 0 saturated carbocycles. The van der Waals surface area contributed by atoms with Crippen molar-refractivity contribution in [1.29, 1.82) is 0 Å². The molecule has 3 aromatic carbocycles. The molecule has 1 N–H and O–H groups in total. The van der Waals surface area contributed by atoms with E-state index in [1.807, 2.05) is 6.07 Å². The summed E-state index contributed by atoms with van der Waals surface area (Å²) in [7, 11) is 0. The van der Waals surface area contributed by atoms with Crippen molar-refractivity contribution < 1.29 is 19.4 Å². The topological polar surface area (TPSA) is 55.8 Å². The normalized spacial score (nSPS) is 10.8. The van der Waals surface area contributed by atoms with E-state index in [0.29, 0.717) is 17.7 Å². The molecule has 0 fully saturated rings. The summed E-state index contributed by atoms with van der Waals surface area (Å²) in [5.74, 6) is 0.297. The molecule has 38 heavy (non-hydrogen) atoms. The molecular formula is C34H42O4. The third-order valence-electron chi connectivity index (χ3n) is 6.77. The third-order valence-corrected chi connectivity index (χ3v) is 6.77. The van der Waals surface area contributed by atoms with Gasteiger partial charge in [-0.3, -0.25) is 0 Å². The first-order valence-corrected chi connectivity index (χ1v) is 13.9. The van der Waals surface area contributed by atoms with Gasteiger partial charge < -0.3 is 14.6 Å². The molecule has 0 saturated heterocycles. The molecule has 4 heteroatoms. The van der Waals surface area contributed by atoms with E-state index in [0.717, 1.165) is 24.0 Å².